The van der Waals surface area contributed by atoms with Crippen molar-refractivity contribution in [1.82, 2.24) is 0 Å². The topological polar surface area (TPSA) is 63.4 Å². The van der Waals surface area contributed by atoms with Crippen LogP contribution in [0.5, 0.6) is 0 Å². The number of hydrogen-bond donors (Lipinski definition) is 1. The Hall–Kier alpha value is -1.46. The van der Waals surface area contributed by atoms with Crippen LogP contribution in [-0.4, -0.2) is 11.9 Å². The van der Waals surface area contributed by atoms with Gasteiger partial charge in [0.2, 0.25) is 0 Å². The number of hydrogen-bond acceptors (Lipinski definition) is 2. The van der Waals surface area contributed by atoms with Gasteiger partial charge in [-0.05, 0) is 30.3 Å². The highest BCUT2D eigenvalue weighted by Gasteiger charge is 2.27. The molecule has 2 rings (SSSR count). The summed E-state index contributed by atoms with van der Waals surface area (Å²) in [6.07, 6.45) is 0. The van der Waals surface area contributed by atoms with E-state index in [1.165, 1.54) is 30.3 Å². The predicted octanol–water partition coefficient (Wildman–Crippen LogP) is 5.03. The summed E-state index contributed by atoms with van der Waals surface area (Å²) in [6, 6.07) is 7.76. The molecule has 0 radical (unpaired) electrons. The zero-order valence-electron chi connectivity index (χ0n) is 10.8. The molecule has 0 unspecified atom stereocenters. The van der Waals surface area contributed by atoms with Gasteiger partial charge in [0.25, 0.3) is 5.91 Å². The maximum atomic E-state index is 12.6. The second kappa shape index (κ2) is 6.75. The summed E-state index contributed by atoms with van der Waals surface area (Å²) in [4.78, 5) is 25.0. The fourth-order valence-corrected chi connectivity index (χ4v) is 2.63. The Balaban J connectivity index is 2.55. The van der Waals surface area contributed by atoms with Crippen molar-refractivity contribution in [2.24, 2.45) is 5.73 Å². The van der Waals surface area contributed by atoms with Crippen LogP contribution in [0.3, 0.4) is 0 Å². The minimum Gasteiger partial charge on any atom is -0.351 e. The number of nitrogens with zero attached hydrogens (tertiary/aromatic N) is 1. The molecule has 0 heterocycles. The first-order chi connectivity index (χ1) is 10.3. The molecule has 0 aliphatic rings. The number of urea groups is 1. The van der Waals surface area contributed by atoms with Gasteiger partial charge in [0.1, 0.15) is 0 Å². The first-order valence-corrected chi connectivity index (χ1v) is 7.37. The van der Waals surface area contributed by atoms with Crippen LogP contribution >= 0.6 is 46.4 Å². The Labute approximate surface area is 146 Å². The third-order valence-electron chi connectivity index (χ3n) is 2.76. The van der Waals surface area contributed by atoms with Gasteiger partial charge in [-0.25, -0.2) is 9.69 Å². The molecule has 0 saturated carbocycles. The maximum absolute atomic E-state index is 12.6. The molecular formula is C14H8Cl4N2O2. The lowest BCUT2D eigenvalue weighted by Crippen LogP contribution is -2.41. The maximum Gasteiger partial charge on any atom is 0.326 e. The monoisotopic (exact) mass is 376 g/mol. The third-order valence-corrected chi connectivity index (χ3v) is 4.13. The van der Waals surface area contributed by atoms with Crippen LogP contribution in [0.25, 0.3) is 0 Å². The quantitative estimate of drug-likeness (QED) is 0.797. The van der Waals surface area contributed by atoms with Crippen LogP contribution in [0, 0.1) is 0 Å². The van der Waals surface area contributed by atoms with Gasteiger partial charge in [0.15, 0.2) is 0 Å². The summed E-state index contributed by atoms with van der Waals surface area (Å²) in [6.45, 7) is 0. The van der Waals surface area contributed by atoms with Gasteiger partial charge in [-0.2, -0.15) is 0 Å². The van der Waals surface area contributed by atoms with Gasteiger partial charge in [0, 0.05) is 0 Å². The first-order valence-electron chi connectivity index (χ1n) is 5.86. The Bertz CT molecular complexity index is 744. The zero-order chi connectivity index (χ0) is 16.4. The minimum absolute atomic E-state index is 0.0318. The number of primary amides is 1. The molecule has 0 atom stereocenters. The standard InChI is InChI=1S/C14H8Cl4N2O2/c15-8-5-4-7(6-11(8)18)20(14(19)22)13(21)12-9(16)2-1-3-10(12)17/h1-6H,(H2,19,22). The molecule has 2 aromatic carbocycles. The van der Waals surface area contributed by atoms with E-state index in [9.17, 15) is 9.59 Å². The van der Waals surface area contributed by atoms with E-state index in [0.717, 1.165) is 4.90 Å². The molecule has 2 aromatic rings. The van der Waals surface area contributed by atoms with Crippen molar-refractivity contribution in [1.29, 1.82) is 0 Å². The molecule has 0 saturated heterocycles. The van der Waals surface area contributed by atoms with E-state index >= 15 is 0 Å². The highest BCUT2D eigenvalue weighted by molar-refractivity contribution is 6.43. The average Bonchev–Trinajstić information content (AvgIpc) is 2.42. The molecule has 0 aromatic heterocycles. The second-order valence-electron chi connectivity index (χ2n) is 4.17. The van der Waals surface area contributed by atoms with E-state index in [1.807, 2.05) is 0 Å². The lowest BCUT2D eigenvalue weighted by Gasteiger charge is -2.20. The van der Waals surface area contributed by atoms with E-state index in [0.29, 0.717) is 0 Å². The normalized spacial score (nSPS) is 10.4. The van der Waals surface area contributed by atoms with Crippen LogP contribution in [0.2, 0.25) is 20.1 Å². The minimum atomic E-state index is -1.00. The summed E-state index contributed by atoms with van der Waals surface area (Å²) in [7, 11) is 0. The smallest absolute Gasteiger partial charge is 0.326 e. The first kappa shape index (κ1) is 16.9. The summed E-state index contributed by atoms with van der Waals surface area (Å²) < 4.78 is 0. The van der Waals surface area contributed by atoms with E-state index in [-0.39, 0.29) is 31.3 Å². The van der Waals surface area contributed by atoms with Crippen LogP contribution in [0.15, 0.2) is 36.4 Å². The highest BCUT2D eigenvalue weighted by Crippen LogP contribution is 2.31. The average molecular weight is 378 g/mol. The number of amides is 3. The molecular weight excluding hydrogens is 370 g/mol. The SMILES string of the molecule is NC(=O)N(C(=O)c1c(Cl)cccc1Cl)c1ccc(Cl)c(Cl)c1. The highest BCUT2D eigenvalue weighted by atomic mass is 35.5. The molecule has 0 fully saturated rings. The van der Waals surface area contributed by atoms with Crippen molar-refractivity contribution in [3.05, 3.63) is 62.1 Å². The van der Waals surface area contributed by atoms with Crippen LogP contribution < -0.4 is 10.6 Å². The van der Waals surface area contributed by atoms with Gasteiger partial charge in [-0.15, -0.1) is 0 Å². The van der Waals surface area contributed by atoms with Crippen molar-refractivity contribution in [3.8, 4) is 0 Å². The number of nitrogens with two attached hydrogens (primary N) is 1. The van der Waals surface area contributed by atoms with Crippen LogP contribution in [-0.2, 0) is 0 Å². The van der Waals surface area contributed by atoms with Crippen LogP contribution in [0.4, 0.5) is 10.5 Å². The summed E-state index contributed by atoms with van der Waals surface area (Å²) in [5.74, 6) is -0.763. The fourth-order valence-electron chi connectivity index (χ4n) is 1.78. The zero-order valence-corrected chi connectivity index (χ0v) is 13.8. The molecule has 4 nitrogen and oxygen atoms in total. The largest absolute Gasteiger partial charge is 0.351 e. The van der Waals surface area contributed by atoms with Gasteiger partial charge in [0.05, 0.1) is 31.3 Å². The Morgan fingerprint density at radius 2 is 1.45 bits per heavy atom. The number of anilines is 1. The van der Waals surface area contributed by atoms with E-state index in [4.69, 9.17) is 52.1 Å². The molecule has 114 valence electrons. The van der Waals surface area contributed by atoms with Crippen molar-refractivity contribution in [2.75, 3.05) is 4.90 Å². The molecule has 2 N–H and O–H groups in total. The number of benzene rings is 2. The molecule has 0 spiro atoms. The van der Waals surface area contributed by atoms with Crippen molar-refractivity contribution in [2.45, 2.75) is 0 Å². The lowest BCUT2D eigenvalue weighted by atomic mass is 10.1. The third kappa shape index (κ3) is 3.31. The van der Waals surface area contributed by atoms with Gasteiger partial charge in [-0.3, -0.25) is 4.79 Å². The van der Waals surface area contributed by atoms with E-state index in [2.05, 4.69) is 0 Å². The van der Waals surface area contributed by atoms with Crippen molar-refractivity contribution >= 4 is 64.0 Å². The molecule has 22 heavy (non-hydrogen) atoms. The Morgan fingerprint density at radius 3 is 1.95 bits per heavy atom. The number of carbonyl (C=O) groups is 2. The molecule has 8 heteroatoms. The van der Waals surface area contributed by atoms with Crippen molar-refractivity contribution in [3.63, 3.8) is 0 Å². The number of carbonyl (C=O) groups excluding carboxylic acids is 2. The summed E-state index contributed by atoms with van der Waals surface area (Å²) in [5, 5.41) is 0.647. The van der Waals surface area contributed by atoms with E-state index < -0.39 is 11.9 Å². The molecule has 0 bridgehead atoms. The Morgan fingerprint density at radius 1 is 0.864 bits per heavy atom. The van der Waals surface area contributed by atoms with Gasteiger partial charge < -0.3 is 5.73 Å². The fraction of sp³-hybridized carbons (Fsp3) is 0. The number of rotatable bonds is 2. The lowest BCUT2D eigenvalue weighted by molar-refractivity contribution is 0.0995. The van der Waals surface area contributed by atoms with Gasteiger partial charge in [-0.1, -0.05) is 52.5 Å². The summed E-state index contributed by atoms with van der Waals surface area (Å²) in [5.41, 5.74) is 5.42. The second-order valence-corrected chi connectivity index (χ2v) is 5.80. The van der Waals surface area contributed by atoms with Gasteiger partial charge >= 0.3 is 6.03 Å². The van der Waals surface area contributed by atoms with Crippen molar-refractivity contribution < 1.29 is 9.59 Å². The Kier molecular flexibility index (Phi) is 5.19. The molecule has 0 aliphatic heterocycles. The van der Waals surface area contributed by atoms with E-state index in [1.54, 1.807) is 6.07 Å². The number of halogens is 4. The summed E-state index contributed by atoms with van der Waals surface area (Å²) >= 11 is 23.7. The number of imide groups is 1. The van der Waals surface area contributed by atoms with Crippen LogP contribution in [0.1, 0.15) is 10.4 Å². The predicted molar refractivity (Wildman–Crippen MR) is 89.3 cm³/mol. The molecule has 0 aliphatic carbocycles. The molecule has 3 amide bonds.